The topological polar surface area (TPSA) is 59.3 Å². The first-order valence-electron chi connectivity index (χ1n) is 6.12. The van der Waals surface area contributed by atoms with Crippen LogP contribution in [0, 0.1) is 5.92 Å². The molecule has 0 amide bonds. The molecule has 98 valence electrons. The Morgan fingerprint density at radius 1 is 1.42 bits per heavy atom. The monoisotopic (exact) mass is 277 g/mol. The van der Waals surface area contributed by atoms with Gasteiger partial charge in [0.15, 0.2) is 0 Å². The number of carboxylic acids is 1. The Labute approximate surface area is 114 Å². The van der Waals surface area contributed by atoms with E-state index in [4.69, 9.17) is 16.7 Å². The molecule has 0 spiro atoms. The van der Waals surface area contributed by atoms with Crippen LogP contribution in [0.5, 0.6) is 0 Å². The molecule has 0 aliphatic heterocycles. The maximum absolute atomic E-state index is 12.1. The summed E-state index contributed by atoms with van der Waals surface area (Å²) in [7, 11) is 0. The van der Waals surface area contributed by atoms with Gasteiger partial charge in [-0.25, -0.2) is 4.79 Å². The number of aromatic nitrogens is 1. The predicted octanol–water partition coefficient (Wildman–Crippen LogP) is 2.76. The van der Waals surface area contributed by atoms with E-state index in [1.807, 2.05) is 4.57 Å². The van der Waals surface area contributed by atoms with E-state index in [1.54, 1.807) is 12.1 Å². The van der Waals surface area contributed by atoms with Gasteiger partial charge < -0.3 is 9.67 Å². The van der Waals surface area contributed by atoms with E-state index >= 15 is 0 Å². The summed E-state index contributed by atoms with van der Waals surface area (Å²) in [5, 5.41) is 9.93. The Hall–Kier alpha value is -1.81. The molecule has 4 nitrogen and oxygen atoms in total. The molecule has 1 saturated carbocycles. The van der Waals surface area contributed by atoms with Gasteiger partial charge in [0, 0.05) is 23.2 Å². The molecule has 1 aliphatic carbocycles. The van der Waals surface area contributed by atoms with E-state index in [2.05, 4.69) is 0 Å². The third-order valence-corrected chi connectivity index (χ3v) is 3.66. The number of carbonyl (C=O) groups is 1. The van der Waals surface area contributed by atoms with Crippen molar-refractivity contribution in [2.45, 2.75) is 19.4 Å². The lowest BCUT2D eigenvalue weighted by atomic mass is 10.1. The summed E-state index contributed by atoms with van der Waals surface area (Å²) in [4.78, 5) is 23.3. The number of benzene rings is 1. The molecule has 1 fully saturated rings. The van der Waals surface area contributed by atoms with Gasteiger partial charge in [0.2, 0.25) is 5.43 Å². The van der Waals surface area contributed by atoms with Gasteiger partial charge in [-0.05, 0) is 37.0 Å². The highest BCUT2D eigenvalue weighted by Crippen LogP contribution is 2.31. The fraction of sp³-hybridized carbons (Fsp3) is 0.286. The van der Waals surface area contributed by atoms with Crippen LogP contribution in [0.2, 0.25) is 5.02 Å². The van der Waals surface area contributed by atoms with Gasteiger partial charge in [0.1, 0.15) is 5.56 Å². The lowest BCUT2D eigenvalue weighted by Crippen LogP contribution is -2.19. The molecule has 5 heteroatoms. The summed E-state index contributed by atoms with van der Waals surface area (Å²) < 4.78 is 1.86. The van der Waals surface area contributed by atoms with Crippen LogP contribution in [-0.4, -0.2) is 15.6 Å². The number of hydrogen-bond acceptors (Lipinski definition) is 2. The van der Waals surface area contributed by atoms with Gasteiger partial charge in [-0.2, -0.15) is 0 Å². The van der Waals surface area contributed by atoms with Crippen molar-refractivity contribution >= 4 is 28.5 Å². The van der Waals surface area contributed by atoms with Crippen molar-refractivity contribution in [2.24, 2.45) is 5.92 Å². The number of nitrogens with zero attached hydrogens (tertiary/aromatic N) is 1. The molecule has 1 N–H and O–H groups in total. The molecule has 0 saturated heterocycles. The van der Waals surface area contributed by atoms with Crippen LogP contribution in [0.3, 0.4) is 0 Å². The minimum Gasteiger partial charge on any atom is -0.477 e. The van der Waals surface area contributed by atoms with Gasteiger partial charge in [-0.3, -0.25) is 4.79 Å². The van der Waals surface area contributed by atoms with Crippen LogP contribution < -0.4 is 5.43 Å². The van der Waals surface area contributed by atoms with Crippen molar-refractivity contribution in [3.63, 3.8) is 0 Å². The fourth-order valence-corrected chi connectivity index (χ4v) is 2.42. The summed E-state index contributed by atoms with van der Waals surface area (Å²) in [6.07, 6.45) is 3.76. The van der Waals surface area contributed by atoms with E-state index < -0.39 is 11.4 Å². The zero-order valence-electron chi connectivity index (χ0n) is 10.1. The number of halogens is 1. The molecule has 0 atom stereocenters. The first-order valence-corrected chi connectivity index (χ1v) is 6.50. The molecule has 0 radical (unpaired) electrons. The molecular formula is C14H12ClNO3. The summed E-state index contributed by atoms with van der Waals surface area (Å²) in [5.41, 5.74) is 0.0683. The quantitative estimate of drug-likeness (QED) is 0.938. The molecule has 1 aromatic heterocycles. The van der Waals surface area contributed by atoms with Crippen molar-refractivity contribution < 1.29 is 9.90 Å². The highest BCUT2D eigenvalue weighted by molar-refractivity contribution is 6.31. The summed E-state index contributed by atoms with van der Waals surface area (Å²) in [6, 6.07) is 5.02. The van der Waals surface area contributed by atoms with Crippen molar-refractivity contribution in [3.8, 4) is 0 Å². The average Bonchev–Trinajstić information content (AvgIpc) is 3.16. The van der Waals surface area contributed by atoms with Crippen LogP contribution in [0.4, 0.5) is 0 Å². The Kier molecular flexibility index (Phi) is 2.82. The smallest absolute Gasteiger partial charge is 0.341 e. The van der Waals surface area contributed by atoms with E-state index in [1.165, 1.54) is 12.3 Å². The van der Waals surface area contributed by atoms with Crippen LogP contribution in [0.25, 0.3) is 10.9 Å². The third-order valence-electron chi connectivity index (χ3n) is 3.42. The molecule has 0 unspecified atom stereocenters. The van der Waals surface area contributed by atoms with Crippen molar-refractivity contribution in [1.29, 1.82) is 0 Å². The Bertz CT molecular complexity index is 731. The summed E-state index contributed by atoms with van der Waals surface area (Å²) in [6.45, 7) is 0.749. The molecular weight excluding hydrogens is 266 g/mol. The molecule has 19 heavy (non-hydrogen) atoms. The summed E-state index contributed by atoms with van der Waals surface area (Å²) >= 11 is 5.90. The van der Waals surface area contributed by atoms with E-state index in [0.29, 0.717) is 16.3 Å². The molecule has 1 aliphatic rings. The number of fused-ring (bicyclic) bond motifs is 1. The third kappa shape index (κ3) is 2.24. The lowest BCUT2D eigenvalue weighted by molar-refractivity contribution is 0.0695. The van der Waals surface area contributed by atoms with Crippen molar-refractivity contribution in [1.82, 2.24) is 4.57 Å². The Morgan fingerprint density at radius 2 is 2.16 bits per heavy atom. The van der Waals surface area contributed by atoms with E-state index in [0.717, 1.165) is 24.9 Å². The molecule has 2 aromatic rings. The highest BCUT2D eigenvalue weighted by Gasteiger charge is 2.23. The largest absolute Gasteiger partial charge is 0.477 e. The summed E-state index contributed by atoms with van der Waals surface area (Å²) in [5.74, 6) is -0.612. The second-order valence-corrected chi connectivity index (χ2v) is 5.37. The van der Waals surface area contributed by atoms with E-state index in [-0.39, 0.29) is 5.56 Å². The normalized spacial score (nSPS) is 14.8. The minimum absolute atomic E-state index is 0.199. The zero-order valence-corrected chi connectivity index (χ0v) is 10.9. The van der Waals surface area contributed by atoms with Gasteiger partial charge in [0.05, 0.1) is 5.52 Å². The maximum Gasteiger partial charge on any atom is 0.341 e. The Balaban J connectivity index is 2.30. The SMILES string of the molecule is O=C(O)c1cn(CC2CC2)c2ccc(Cl)cc2c1=O. The molecule has 1 aromatic carbocycles. The predicted molar refractivity (Wildman–Crippen MR) is 72.9 cm³/mol. The molecule has 1 heterocycles. The standard InChI is InChI=1S/C14H12ClNO3/c15-9-3-4-12-10(5-9)13(17)11(14(18)19)7-16(12)6-8-1-2-8/h3-5,7-8H,1-2,6H2,(H,18,19). The first-order chi connectivity index (χ1) is 9.06. The fourth-order valence-electron chi connectivity index (χ4n) is 2.25. The second kappa shape index (κ2) is 4.38. The second-order valence-electron chi connectivity index (χ2n) is 4.93. The molecule has 0 bridgehead atoms. The van der Waals surface area contributed by atoms with Crippen LogP contribution >= 0.6 is 11.6 Å². The number of rotatable bonds is 3. The van der Waals surface area contributed by atoms with Crippen LogP contribution in [-0.2, 0) is 6.54 Å². The van der Waals surface area contributed by atoms with Crippen molar-refractivity contribution in [2.75, 3.05) is 0 Å². The number of aromatic carboxylic acids is 1. The number of pyridine rings is 1. The average molecular weight is 278 g/mol. The number of carboxylic acid groups (broad SMARTS) is 1. The van der Waals surface area contributed by atoms with Gasteiger partial charge in [-0.1, -0.05) is 11.6 Å². The van der Waals surface area contributed by atoms with Crippen molar-refractivity contribution in [3.05, 3.63) is 45.2 Å². The van der Waals surface area contributed by atoms with E-state index in [9.17, 15) is 9.59 Å². The van der Waals surface area contributed by atoms with Gasteiger partial charge in [-0.15, -0.1) is 0 Å². The van der Waals surface area contributed by atoms with Crippen LogP contribution in [0.15, 0.2) is 29.2 Å². The van der Waals surface area contributed by atoms with Crippen LogP contribution in [0.1, 0.15) is 23.2 Å². The zero-order chi connectivity index (χ0) is 13.6. The number of hydrogen-bond donors (Lipinski definition) is 1. The maximum atomic E-state index is 12.1. The van der Waals surface area contributed by atoms with Gasteiger partial charge in [0.25, 0.3) is 0 Å². The molecule has 3 rings (SSSR count). The minimum atomic E-state index is -1.20. The Morgan fingerprint density at radius 3 is 2.79 bits per heavy atom. The first kappa shape index (κ1) is 12.2. The van der Waals surface area contributed by atoms with Gasteiger partial charge >= 0.3 is 5.97 Å². The highest BCUT2D eigenvalue weighted by atomic mass is 35.5. The lowest BCUT2D eigenvalue weighted by Gasteiger charge is -2.11.